The van der Waals surface area contributed by atoms with Gasteiger partial charge in [0.25, 0.3) is 0 Å². The van der Waals surface area contributed by atoms with Crippen molar-refractivity contribution in [2.45, 2.75) is 25.9 Å². The molecule has 1 aliphatic heterocycles. The number of nitrogens with zero attached hydrogens (tertiary/aromatic N) is 2. The molecule has 0 radical (unpaired) electrons. The molecule has 0 spiro atoms. The van der Waals surface area contributed by atoms with E-state index in [1.165, 1.54) is 12.1 Å². The summed E-state index contributed by atoms with van der Waals surface area (Å²) in [6.07, 6.45) is 0. The lowest BCUT2D eigenvalue weighted by atomic mass is 9.83. The lowest BCUT2D eigenvalue weighted by molar-refractivity contribution is -0.138. The van der Waals surface area contributed by atoms with Crippen molar-refractivity contribution in [2.75, 3.05) is 38.0 Å². The van der Waals surface area contributed by atoms with Crippen LogP contribution in [0.2, 0.25) is 0 Å². The molecular formula is C23H27F2N3O3. The van der Waals surface area contributed by atoms with Crippen LogP contribution in [-0.2, 0) is 15.0 Å². The van der Waals surface area contributed by atoms with E-state index in [-0.39, 0.29) is 29.8 Å². The molecule has 1 N–H and O–H groups in total. The van der Waals surface area contributed by atoms with E-state index in [4.69, 9.17) is 0 Å². The standard InChI is InChI=1S/C23H27F2N3O3/c1-23(2,17-8-4-3-5-9-17)21(30)28-14-12-27(13-15-28)16-20(29)26-18-10-6-7-11-19(18)31-22(24)25/h3-11,22H,12-16H2,1-2H3,(H,26,29). The van der Waals surface area contributed by atoms with Gasteiger partial charge in [0.2, 0.25) is 11.8 Å². The molecule has 31 heavy (non-hydrogen) atoms. The summed E-state index contributed by atoms with van der Waals surface area (Å²) in [4.78, 5) is 29.2. The molecule has 2 aromatic rings. The maximum Gasteiger partial charge on any atom is 0.387 e. The lowest BCUT2D eigenvalue weighted by Gasteiger charge is -2.38. The summed E-state index contributed by atoms with van der Waals surface area (Å²) in [5, 5.41) is 2.62. The summed E-state index contributed by atoms with van der Waals surface area (Å²) in [7, 11) is 0. The Balaban J connectivity index is 1.52. The van der Waals surface area contributed by atoms with E-state index in [0.717, 1.165) is 5.56 Å². The Morgan fingerprint density at radius 1 is 1.00 bits per heavy atom. The van der Waals surface area contributed by atoms with Gasteiger partial charge in [0, 0.05) is 26.2 Å². The number of rotatable bonds is 7. The average molecular weight is 431 g/mol. The molecule has 2 aromatic carbocycles. The zero-order valence-corrected chi connectivity index (χ0v) is 17.7. The fraction of sp³-hybridized carbons (Fsp3) is 0.391. The van der Waals surface area contributed by atoms with Crippen LogP contribution in [0.15, 0.2) is 54.6 Å². The van der Waals surface area contributed by atoms with E-state index in [1.54, 1.807) is 12.1 Å². The minimum atomic E-state index is -2.97. The van der Waals surface area contributed by atoms with Crippen LogP contribution in [0.1, 0.15) is 19.4 Å². The Hall–Kier alpha value is -3.00. The SMILES string of the molecule is CC(C)(C(=O)N1CCN(CC(=O)Nc2ccccc2OC(F)F)CC1)c1ccccc1. The third kappa shape index (κ3) is 5.79. The molecule has 0 aliphatic carbocycles. The number of benzene rings is 2. The highest BCUT2D eigenvalue weighted by Crippen LogP contribution is 2.27. The second kappa shape index (κ2) is 9.87. The van der Waals surface area contributed by atoms with Gasteiger partial charge in [-0.25, -0.2) is 0 Å². The highest BCUT2D eigenvalue weighted by atomic mass is 19.3. The molecule has 1 fully saturated rings. The van der Waals surface area contributed by atoms with Crippen LogP contribution in [0.4, 0.5) is 14.5 Å². The van der Waals surface area contributed by atoms with Crippen molar-refractivity contribution < 1.29 is 23.1 Å². The quantitative estimate of drug-likeness (QED) is 0.731. The van der Waals surface area contributed by atoms with E-state index >= 15 is 0 Å². The third-order valence-electron chi connectivity index (χ3n) is 5.43. The number of alkyl halides is 2. The Labute approximate surface area is 180 Å². The van der Waals surface area contributed by atoms with Crippen LogP contribution in [-0.4, -0.2) is 60.9 Å². The van der Waals surface area contributed by atoms with Crippen molar-refractivity contribution in [1.82, 2.24) is 9.80 Å². The largest absolute Gasteiger partial charge is 0.433 e. The van der Waals surface area contributed by atoms with Gasteiger partial charge < -0.3 is 15.0 Å². The molecule has 166 valence electrons. The molecule has 0 unspecified atom stereocenters. The smallest absolute Gasteiger partial charge is 0.387 e. The van der Waals surface area contributed by atoms with Crippen LogP contribution >= 0.6 is 0 Å². The molecule has 8 heteroatoms. The Kier molecular flexibility index (Phi) is 7.22. The van der Waals surface area contributed by atoms with Crippen molar-refractivity contribution in [3.8, 4) is 5.75 Å². The predicted octanol–water partition coefficient (Wildman–Crippen LogP) is 3.35. The highest BCUT2D eigenvalue weighted by Gasteiger charge is 2.35. The van der Waals surface area contributed by atoms with Crippen molar-refractivity contribution in [1.29, 1.82) is 0 Å². The average Bonchev–Trinajstić information content (AvgIpc) is 2.75. The first-order valence-corrected chi connectivity index (χ1v) is 10.2. The molecule has 3 rings (SSSR count). The summed E-state index contributed by atoms with van der Waals surface area (Å²) in [5.41, 5.74) is 0.535. The third-order valence-corrected chi connectivity index (χ3v) is 5.43. The Morgan fingerprint density at radius 2 is 1.61 bits per heavy atom. The summed E-state index contributed by atoms with van der Waals surface area (Å²) in [6, 6.07) is 15.7. The number of hydrogen-bond donors (Lipinski definition) is 1. The number of halogens is 2. The maximum atomic E-state index is 13.1. The van der Waals surface area contributed by atoms with E-state index in [9.17, 15) is 18.4 Å². The van der Waals surface area contributed by atoms with Crippen molar-refractivity contribution >= 4 is 17.5 Å². The number of nitrogens with one attached hydrogen (secondary N) is 1. The maximum absolute atomic E-state index is 13.1. The number of carbonyl (C=O) groups excluding carboxylic acids is 2. The van der Waals surface area contributed by atoms with Gasteiger partial charge in [0.15, 0.2) is 0 Å². The fourth-order valence-electron chi connectivity index (χ4n) is 3.64. The topological polar surface area (TPSA) is 61.9 Å². The molecule has 1 saturated heterocycles. The van der Waals surface area contributed by atoms with E-state index in [2.05, 4.69) is 10.1 Å². The highest BCUT2D eigenvalue weighted by molar-refractivity contribution is 5.93. The summed E-state index contributed by atoms with van der Waals surface area (Å²) in [5.74, 6) is -0.347. The monoisotopic (exact) mass is 431 g/mol. The minimum Gasteiger partial charge on any atom is -0.433 e. The van der Waals surface area contributed by atoms with Gasteiger partial charge >= 0.3 is 6.61 Å². The Bertz CT molecular complexity index is 898. The first-order valence-electron chi connectivity index (χ1n) is 10.2. The summed E-state index contributed by atoms with van der Waals surface area (Å²) < 4.78 is 29.5. The van der Waals surface area contributed by atoms with Crippen LogP contribution in [0.3, 0.4) is 0 Å². The van der Waals surface area contributed by atoms with Gasteiger partial charge in [0.1, 0.15) is 5.75 Å². The minimum absolute atomic E-state index is 0.0564. The molecule has 2 amide bonds. The number of amides is 2. The first kappa shape index (κ1) is 22.7. The first-order chi connectivity index (χ1) is 14.8. The van der Waals surface area contributed by atoms with Gasteiger partial charge in [-0.3, -0.25) is 14.5 Å². The van der Waals surface area contributed by atoms with E-state index in [1.807, 2.05) is 54.0 Å². The number of hydrogen-bond acceptors (Lipinski definition) is 4. The van der Waals surface area contributed by atoms with Crippen LogP contribution in [0.25, 0.3) is 0 Å². The number of anilines is 1. The predicted molar refractivity (Wildman–Crippen MR) is 114 cm³/mol. The van der Waals surface area contributed by atoms with Gasteiger partial charge in [-0.2, -0.15) is 8.78 Å². The fourth-order valence-corrected chi connectivity index (χ4v) is 3.64. The van der Waals surface area contributed by atoms with Gasteiger partial charge in [-0.05, 0) is 31.5 Å². The van der Waals surface area contributed by atoms with Gasteiger partial charge in [-0.15, -0.1) is 0 Å². The number of para-hydroxylation sites is 2. The lowest BCUT2D eigenvalue weighted by Crippen LogP contribution is -2.54. The Morgan fingerprint density at radius 3 is 2.26 bits per heavy atom. The summed E-state index contributed by atoms with van der Waals surface area (Å²) >= 11 is 0. The second-order valence-corrected chi connectivity index (χ2v) is 7.98. The van der Waals surface area contributed by atoms with Crippen LogP contribution in [0, 0.1) is 0 Å². The number of carbonyl (C=O) groups is 2. The zero-order valence-electron chi connectivity index (χ0n) is 17.7. The molecule has 1 aliphatic rings. The molecule has 0 atom stereocenters. The van der Waals surface area contributed by atoms with Crippen LogP contribution in [0.5, 0.6) is 5.75 Å². The second-order valence-electron chi connectivity index (χ2n) is 7.98. The summed E-state index contributed by atoms with van der Waals surface area (Å²) in [6.45, 7) is 3.13. The molecule has 0 aromatic heterocycles. The molecule has 0 saturated carbocycles. The number of piperazine rings is 1. The van der Waals surface area contributed by atoms with Crippen molar-refractivity contribution in [3.63, 3.8) is 0 Å². The molecular weight excluding hydrogens is 404 g/mol. The van der Waals surface area contributed by atoms with E-state index < -0.39 is 12.0 Å². The van der Waals surface area contributed by atoms with Crippen molar-refractivity contribution in [3.05, 3.63) is 60.2 Å². The zero-order chi connectivity index (χ0) is 22.4. The van der Waals surface area contributed by atoms with Gasteiger partial charge in [-0.1, -0.05) is 42.5 Å². The van der Waals surface area contributed by atoms with E-state index in [0.29, 0.717) is 26.2 Å². The number of ether oxygens (including phenoxy) is 1. The molecule has 1 heterocycles. The normalized spacial score (nSPS) is 15.1. The van der Waals surface area contributed by atoms with Crippen LogP contribution < -0.4 is 10.1 Å². The molecule has 0 bridgehead atoms. The van der Waals surface area contributed by atoms with Crippen molar-refractivity contribution in [2.24, 2.45) is 0 Å². The molecule has 6 nitrogen and oxygen atoms in total. The van der Waals surface area contributed by atoms with Gasteiger partial charge in [0.05, 0.1) is 17.6 Å².